The molecule has 0 radical (unpaired) electrons. The van der Waals surface area contributed by atoms with Crippen molar-refractivity contribution in [3.63, 3.8) is 0 Å². The molecule has 1 atom stereocenters. The number of benzene rings is 2. The molecule has 2 aromatic carbocycles. The van der Waals surface area contributed by atoms with Crippen LogP contribution in [0.1, 0.15) is 30.9 Å². The summed E-state index contributed by atoms with van der Waals surface area (Å²) in [5, 5.41) is 10.7. The number of nitrogens with zero attached hydrogens (tertiary/aromatic N) is 3. The van der Waals surface area contributed by atoms with Crippen molar-refractivity contribution in [3.8, 4) is 11.5 Å². The number of allylic oxidation sites excluding steroid dienone is 2. The van der Waals surface area contributed by atoms with E-state index < -0.39 is 5.60 Å². The topological polar surface area (TPSA) is 80.2 Å². The van der Waals surface area contributed by atoms with Gasteiger partial charge in [0.05, 0.1) is 28.6 Å². The largest absolute Gasteiger partial charge is 0.456 e. The van der Waals surface area contributed by atoms with E-state index in [0.29, 0.717) is 29.4 Å². The summed E-state index contributed by atoms with van der Waals surface area (Å²) < 4.78 is 5.95. The van der Waals surface area contributed by atoms with Gasteiger partial charge in [-0.1, -0.05) is 29.8 Å². The van der Waals surface area contributed by atoms with Gasteiger partial charge in [0.15, 0.2) is 0 Å². The number of rotatable bonds is 4. The predicted molar refractivity (Wildman–Crippen MR) is 122 cm³/mol. The number of para-hydroxylation sites is 1. The third-order valence-corrected chi connectivity index (χ3v) is 6.31. The van der Waals surface area contributed by atoms with E-state index >= 15 is 0 Å². The molecule has 3 aliphatic rings. The van der Waals surface area contributed by atoms with Crippen molar-refractivity contribution in [1.29, 1.82) is 0 Å². The number of hydrogen-bond donors (Lipinski definition) is 2. The molecule has 0 amide bonds. The van der Waals surface area contributed by atoms with Gasteiger partial charge in [-0.05, 0) is 56.5 Å². The van der Waals surface area contributed by atoms with Crippen LogP contribution in [0.5, 0.6) is 11.5 Å². The van der Waals surface area contributed by atoms with E-state index in [1.165, 1.54) is 0 Å². The van der Waals surface area contributed by atoms with E-state index in [2.05, 4.69) is 4.99 Å². The molecule has 7 heteroatoms. The van der Waals surface area contributed by atoms with Crippen molar-refractivity contribution >= 4 is 23.7 Å². The van der Waals surface area contributed by atoms with E-state index in [9.17, 15) is 5.11 Å². The molecule has 1 unspecified atom stereocenters. The molecular formula is C24H24ClN4O2+. The molecule has 31 heavy (non-hydrogen) atoms. The van der Waals surface area contributed by atoms with Crippen LogP contribution in [0.25, 0.3) is 0 Å². The molecule has 0 aromatic heterocycles. The molecule has 2 aromatic rings. The SMILES string of the molecule is Cc1cc(C2=NC(C3CC(C)(O)C3)=C3C=NC=C[N+]23N)cc(Cl)c1Oc1ccccc1. The molecule has 0 bridgehead atoms. The number of quaternary nitrogens is 1. The number of amidine groups is 1. The molecule has 1 aliphatic carbocycles. The summed E-state index contributed by atoms with van der Waals surface area (Å²) in [5.74, 6) is 8.97. The molecule has 2 heterocycles. The highest BCUT2D eigenvalue weighted by Gasteiger charge is 2.50. The molecule has 3 N–H and O–H groups in total. The van der Waals surface area contributed by atoms with Gasteiger partial charge in [-0.2, -0.15) is 10.8 Å². The lowest BCUT2D eigenvalue weighted by Gasteiger charge is -2.40. The van der Waals surface area contributed by atoms with Crippen molar-refractivity contribution in [2.45, 2.75) is 32.3 Å². The minimum absolute atomic E-state index is 0.0634. The fourth-order valence-corrected chi connectivity index (χ4v) is 4.80. The van der Waals surface area contributed by atoms with Gasteiger partial charge in [-0.25, -0.2) is 0 Å². The van der Waals surface area contributed by atoms with Crippen LogP contribution < -0.4 is 10.6 Å². The molecular weight excluding hydrogens is 412 g/mol. The smallest absolute Gasteiger partial charge is 0.264 e. The van der Waals surface area contributed by atoms with Gasteiger partial charge in [-0.15, -0.1) is 4.59 Å². The van der Waals surface area contributed by atoms with Crippen LogP contribution >= 0.6 is 11.6 Å². The summed E-state index contributed by atoms with van der Waals surface area (Å²) in [4.78, 5) is 9.22. The summed E-state index contributed by atoms with van der Waals surface area (Å²) >= 11 is 6.64. The highest BCUT2D eigenvalue weighted by atomic mass is 35.5. The first kappa shape index (κ1) is 20.2. The van der Waals surface area contributed by atoms with Crippen LogP contribution in [0.2, 0.25) is 5.02 Å². The van der Waals surface area contributed by atoms with Gasteiger partial charge < -0.3 is 9.84 Å². The van der Waals surface area contributed by atoms with Gasteiger partial charge in [0.2, 0.25) is 5.70 Å². The maximum atomic E-state index is 10.2. The summed E-state index contributed by atoms with van der Waals surface area (Å²) in [6.07, 6.45) is 6.57. The Balaban J connectivity index is 1.53. The second-order valence-electron chi connectivity index (χ2n) is 8.68. The highest BCUT2D eigenvalue weighted by Crippen LogP contribution is 2.47. The summed E-state index contributed by atoms with van der Waals surface area (Å²) in [5.41, 5.74) is 2.77. The number of halogens is 1. The maximum Gasteiger partial charge on any atom is 0.264 e. The van der Waals surface area contributed by atoms with Crippen LogP contribution in [-0.2, 0) is 0 Å². The molecule has 1 fully saturated rings. The molecule has 0 spiro atoms. The molecule has 1 saturated carbocycles. The third kappa shape index (κ3) is 3.42. The Labute approximate surface area is 186 Å². The monoisotopic (exact) mass is 435 g/mol. The Morgan fingerprint density at radius 1 is 1.23 bits per heavy atom. The predicted octanol–water partition coefficient (Wildman–Crippen LogP) is 4.82. The minimum atomic E-state index is -0.654. The average molecular weight is 436 g/mol. The zero-order valence-electron chi connectivity index (χ0n) is 17.4. The van der Waals surface area contributed by atoms with E-state index in [1.54, 1.807) is 12.4 Å². The van der Waals surface area contributed by atoms with Crippen molar-refractivity contribution in [3.05, 3.63) is 82.4 Å². The number of fused-ring (bicyclic) bond motifs is 1. The van der Waals surface area contributed by atoms with Gasteiger partial charge >= 0.3 is 0 Å². The number of aliphatic hydroxyl groups is 1. The average Bonchev–Trinajstić information content (AvgIpc) is 3.02. The highest BCUT2D eigenvalue weighted by molar-refractivity contribution is 6.32. The zero-order valence-corrected chi connectivity index (χ0v) is 18.2. The standard InChI is InChI=1S/C24H24ClN4O2/c1-15-10-16(11-19(25)22(15)31-18-6-4-3-5-7-18)23-28-21(17-12-24(2,30)13-17)20-14-27-8-9-29(20,23)26/h3-11,14,17,30H,12-13,26H2,1-2H3/q+1. The lowest BCUT2D eigenvalue weighted by atomic mass is 9.70. The summed E-state index contributed by atoms with van der Waals surface area (Å²) in [7, 11) is 0. The van der Waals surface area contributed by atoms with E-state index in [-0.39, 0.29) is 10.5 Å². The van der Waals surface area contributed by atoms with Crippen molar-refractivity contribution in [1.82, 2.24) is 0 Å². The van der Waals surface area contributed by atoms with Gasteiger partial charge in [0.1, 0.15) is 23.4 Å². The van der Waals surface area contributed by atoms with Crippen molar-refractivity contribution < 1.29 is 14.4 Å². The molecule has 0 saturated heterocycles. The van der Waals surface area contributed by atoms with Gasteiger partial charge in [-0.3, -0.25) is 4.99 Å². The number of aliphatic imine (C=N–C) groups is 2. The summed E-state index contributed by atoms with van der Waals surface area (Å²) in [6.45, 7) is 3.80. The molecule has 158 valence electrons. The van der Waals surface area contributed by atoms with Crippen LogP contribution in [0.3, 0.4) is 0 Å². The minimum Gasteiger partial charge on any atom is -0.456 e. The first-order valence-corrected chi connectivity index (χ1v) is 10.6. The first-order valence-electron chi connectivity index (χ1n) is 10.2. The van der Waals surface area contributed by atoms with Crippen molar-refractivity contribution in [2.24, 2.45) is 21.7 Å². The third-order valence-electron chi connectivity index (χ3n) is 6.03. The lowest BCUT2D eigenvalue weighted by Crippen LogP contribution is -2.53. The Hall–Kier alpha value is -2.77. The van der Waals surface area contributed by atoms with Crippen molar-refractivity contribution in [2.75, 3.05) is 0 Å². The fourth-order valence-electron chi connectivity index (χ4n) is 4.50. The van der Waals surface area contributed by atoms with Gasteiger partial charge in [0.25, 0.3) is 5.84 Å². The van der Waals surface area contributed by atoms with Crippen LogP contribution in [0.15, 0.2) is 76.2 Å². The first-order chi connectivity index (χ1) is 14.8. The lowest BCUT2D eigenvalue weighted by molar-refractivity contribution is -0.750. The maximum absolute atomic E-state index is 10.2. The number of ether oxygens (including phenoxy) is 1. The molecule has 2 aliphatic heterocycles. The van der Waals surface area contributed by atoms with Crippen LogP contribution in [-0.4, -0.2) is 27.3 Å². The van der Waals surface area contributed by atoms with Crippen LogP contribution in [0, 0.1) is 12.8 Å². The Bertz CT molecular complexity index is 1150. The molecule has 5 rings (SSSR count). The fraction of sp³-hybridized carbons (Fsp3) is 0.250. The molecule has 6 nitrogen and oxygen atoms in total. The van der Waals surface area contributed by atoms with Crippen LogP contribution in [0.4, 0.5) is 0 Å². The van der Waals surface area contributed by atoms with E-state index in [1.807, 2.05) is 62.5 Å². The Morgan fingerprint density at radius 2 is 1.97 bits per heavy atom. The number of aryl methyl sites for hydroxylation is 1. The van der Waals surface area contributed by atoms with E-state index in [4.69, 9.17) is 27.2 Å². The quantitative estimate of drug-likeness (QED) is 0.533. The number of nitrogens with two attached hydrogens (primary N) is 1. The van der Waals surface area contributed by atoms with Gasteiger partial charge in [0, 0.05) is 5.92 Å². The van der Waals surface area contributed by atoms with E-state index in [0.717, 1.165) is 28.3 Å². The zero-order chi connectivity index (χ0) is 21.8. The second-order valence-corrected chi connectivity index (χ2v) is 9.09. The number of hydrogen-bond acceptors (Lipinski definition) is 5. The normalized spacial score (nSPS) is 28.9. The Morgan fingerprint density at radius 3 is 2.65 bits per heavy atom. The Kier molecular flexibility index (Phi) is 4.64. The second kappa shape index (κ2) is 7.14. The summed E-state index contributed by atoms with van der Waals surface area (Å²) in [6, 6.07) is 13.4.